The van der Waals surface area contributed by atoms with Gasteiger partial charge in [0.15, 0.2) is 5.82 Å². The van der Waals surface area contributed by atoms with Gasteiger partial charge >= 0.3 is 0 Å². The first kappa shape index (κ1) is 29.5. The molecule has 1 aromatic heterocycles. The Hall–Kier alpha value is -3.95. The Bertz CT molecular complexity index is 1410. The topological polar surface area (TPSA) is 116 Å². The van der Waals surface area contributed by atoms with Crippen LogP contribution in [0.4, 0.5) is 4.39 Å². The Labute approximate surface area is 246 Å². The Morgan fingerprint density at radius 1 is 1.12 bits per heavy atom. The van der Waals surface area contributed by atoms with Crippen molar-refractivity contribution in [3.63, 3.8) is 0 Å². The fourth-order valence-electron chi connectivity index (χ4n) is 6.44. The second kappa shape index (κ2) is 12.1. The minimum Gasteiger partial charge on any atom is -0.345 e. The molecule has 2 aromatic carbocycles. The molecule has 0 saturated heterocycles. The van der Waals surface area contributed by atoms with E-state index in [2.05, 4.69) is 53.6 Å². The lowest BCUT2D eigenvalue weighted by Gasteiger charge is -2.48. The minimum atomic E-state index is -0.651. The molecule has 10 heteroatoms. The molecule has 1 spiro atoms. The molecule has 2 heterocycles. The second-order valence-corrected chi connectivity index (χ2v) is 12.2. The summed E-state index contributed by atoms with van der Waals surface area (Å²) in [5.74, 6) is 0.255. The summed E-state index contributed by atoms with van der Waals surface area (Å²) in [6.07, 6.45) is 6.28. The molecular formula is C32H40FN7O2. The second-order valence-electron chi connectivity index (χ2n) is 12.2. The normalized spacial score (nSPS) is 21.5. The first-order valence-electron chi connectivity index (χ1n) is 15.0. The molecule has 1 atom stereocenters. The first-order chi connectivity index (χ1) is 20.2. The number of amides is 2. The molecule has 222 valence electrons. The van der Waals surface area contributed by atoms with E-state index in [0.717, 1.165) is 50.5 Å². The predicted octanol–water partition coefficient (Wildman–Crippen LogP) is 5.76. The molecule has 1 aliphatic heterocycles. The molecule has 2 aliphatic rings. The van der Waals surface area contributed by atoms with Gasteiger partial charge in [-0.2, -0.15) is 5.21 Å². The van der Waals surface area contributed by atoms with E-state index in [-0.39, 0.29) is 35.6 Å². The van der Waals surface area contributed by atoms with Crippen LogP contribution in [0, 0.1) is 17.2 Å². The Balaban J connectivity index is 1.44. The Morgan fingerprint density at radius 2 is 1.81 bits per heavy atom. The lowest BCUT2D eigenvalue weighted by Crippen LogP contribution is -2.51. The van der Waals surface area contributed by atoms with Crippen molar-refractivity contribution in [3.05, 3.63) is 76.9 Å². The van der Waals surface area contributed by atoms with Gasteiger partial charge in [-0.25, -0.2) is 4.39 Å². The van der Waals surface area contributed by atoms with E-state index in [1.165, 1.54) is 12.1 Å². The number of tetrazole rings is 1. The average molecular weight is 574 g/mol. The fraction of sp³-hybridized carbons (Fsp3) is 0.500. The highest BCUT2D eigenvalue weighted by molar-refractivity contribution is 6.46. The molecule has 0 radical (unpaired) electrons. The number of halogens is 1. The van der Waals surface area contributed by atoms with Crippen LogP contribution in [0.25, 0.3) is 0 Å². The number of carbonyl (C=O) groups excluding carboxylic acids is 2. The fourth-order valence-corrected chi connectivity index (χ4v) is 6.44. The van der Waals surface area contributed by atoms with E-state index in [0.29, 0.717) is 28.6 Å². The minimum absolute atomic E-state index is 0.116. The Kier molecular flexibility index (Phi) is 8.52. The van der Waals surface area contributed by atoms with Crippen molar-refractivity contribution in [2.24, 2.45) is 16.3 Å². The molecule has 2 N–H and O–H groups in total. The number of nitrogens with one attached hydrogen (secondary N) is 2. The summed E-state index contributed by atoms with van der Waals surface area (Å²) in [6.45, 7) is 9.19. The average Bonchev–Trinajstić information content (AvgIpc) is 3.62. The van der Waals surface area contributed by atoms with Crippen LogP contribution in [0.5, 0.6) is 0 Å². The summed E-state index contributed by atoms with van der Waals surface area (Å²) < 4.78 is 13.8. The van der Waals surface area contributed by atoms with Crippen molar-refractivity contribution in [1.29, 1.82) is 0 Å². The molecule has 2 amide bonds. The molecule has 1 saturated carbocycles. The Morgan fingerprint density at radius 3 is 2.40 bits per heavy atom. The van der Waals surface area contributed by atoms with Gasteiger partial charge in [0, 0.05) is 11.1 Å². The zero-order valence-corrected chi connectivity index (χ0v) is 24.9. The third-order valence-electron chi connectivity index (χ3n) is 9.34. The van der Waals surface area contributed by atoms with Crippen molar-refractivity contribution in [1.82, 2.24) is 30.8 Å². The molecule has 9 nitrogen and oxygen atoms in total. The van der Waals surface area contributed by atoms with Crippen LogP contribution >= 0.6 is 0 Å². The van der Waals surface area contributed by atoms with Gasteiger partial charge in [-0.05, 0) is 85.4 Å². The maximum Gasteiger partial charge on any atom is 0.275 e. The van der Waals surface area contributed by atoms with Crippen LogP contribution in [0.15, 0.2) is 53.5 Å². The molecular weight excluding hydrogens is 533 g/mol. The summed E-state index contributed by atoms with van der Waals surface area (Å²) in [6, 6.07) is 13.3. The third-order valence-corrected chi connectivity index (χ3v) is 9.34. The highest BCUT2D eigenvalue weighted by atomic mass is 19.1. The highest BCUT2D eigenvalue weighted by Crippen LogP contribution is 2.50. The lowest BCUT2D eigenvalue weighted by atomic mass is 9.67. The number of benzene rings is 2. The van der Waals surface area contributed by atoms with Gasteiger partial charge in [0.2, 0.25) is 0 Å². The van der Waals surface area contributed by atoms with Crippen LogP contribution in [-0.4, -0.2) is 48.7 Å². The number of aromatic nitrogens is 4. The van der Waals surface area contributed by atoms with E-state index < -0.39 is 5.66 Å². The number of nitrogens with zero attached hydrogens (tertiary/aromatic N) is 5. The molecule has 1 aliphatic carbocycles. The number of aliphatic imine (C=N–C) groups is 1. The van der Waals surface area contributed by atoms with Crippen molar-refractivity contribution >= 4 is 17.5 Å². The van der Waals surface area contributed by atoms with Gasteiger partial charge in [-0.3, -0.25) is 14.6 Å². The summed E-state index contributed by atoms with van der Waals surface area (Å²) in [5.41, 5.74) is 2.09. The van der Waals surface area contributed by atoms with Crippen LogP contribution in [0.3, 0.4) is 0 Å². The van der Waals surface area contributed by atoms with Crippen LogP contribution in [0.1, 0.15) is 106 Å². The van der Waals surface area contributed by atoms with Crippen LogP contribution in [-0.2, 0) is 11.3 Å². The third kappa shape index (κ3) is 5.84. The van der Waals surface area contributed by atoms with E-state index in [1.807, 2.05) is 17.0 Å². The van der Waals surface area contributed by atoms with Crippen molar-refractivity contribution in [2.45, 2.75) is 90.9 Å². The highest BCUT2D eigenvalue weighted by Gasteiger charge is 2.52. The van der Waals surface area contributed by atoms with Crippen molar-refractivity contribution < 1.29 is 14.0 Å². The van der Waals surface area contributed by atoms with Crippen LogP contribution in [0.2, 0.25) is 0 Å². The molecule has 1 fully saturated rings. The SMILES string of the molecule is CCC[C@H](c1ccc(C(=O)NCc2nn[nH]n2)cc1)N1C(=O)C(c2ccc(F)cc2)=NC12CCC(C(C)(C)CC)CC2. The number of carbonyl (C=O) groups is 2. The van der Waals surface area contributed by atoms with E-state index in [1.54, 1.807) is 24.3 Å². The van der Waals surface area contributed by atoms with Crippen molar-refractivity contribution in [2.75, 3.05) is 0 Å². The monoisotopic (exact) mass is 573 g/mol. The largest absolute Gasteiger partial charge is 0.345 e. The predicted molar refractivity (Wildman–Crippen MR) is 158 cm³/mol. The molecule has 0 bridgehead atoms. The lowest BCUT2D eigenvalue weighted by molar-refractivity contribution is -0.133. The summed E-state index contributed by atoms with van der Waals surface area (Å²) in [5, 5.41) is 16.4. The smallest absolute Gasteiger partial charge is 0.275 e. The summed E-state index contributed by atoms with van der Waals surface area (Å²) in [7, 11) is 0. The number of hydrogen-bond acceptors (Lipinski definition) is 6. The molecule has 5 rings (SSSR count). The molecule has 0 unspecified atom stereocenters. The van der Waals surface area contributed by atoms with Gasteiger partial charge in [-0.1, -0.05) is 57.9 Å². The number of rotatable bonds is 10. The summed E-state index contributed by atoms with van der Waals surface area (Å²) in [4.78, 5) is 34.2. The number of aromatic amines is 1. The molecule has 42 heavy (non-hydrogen) atoms. The van der Waals surface area contributed by atoms with E-state index >= 15 is 0 Å². The zero-order chi connectivity index (χ0) is 29.9. The van der Waals surface area contributed by atoms with Gasteiger partial charge in [0.25, 0.3) is 11.8 Å². The zero-order valence-electron chi connectivity index (χ0n) is 24.9. The van der Waals surface area contributed by atoms with Crippen molar-refractivity contribution in [3.8, 4) is 0 Å². The van der Waals surface area contributed by atoms with Gasteiger partial charge in [0.1, 0.15) is 17.2 Å². The maximum atomic E-state index is 14.3. The maximum absolute atomic E-state index is 14.3. The standard InChI is InChI=1S/C32H40FN7O2/c1-5-7-26(21-8-10-23(11-9-21)29(41)34-20-27-36-38-39-37-27)40-30(42)28(22-12-14-25(33)15-13-22)35-32(40)18-16-24(17-19-32)31(3,4)6-2/h8-15,24,26H,5-7,16-20H2,1-4H3,(H,34,41)(H,36,37,38,39)/t24?,26-,32?/m1/s1. The van der Waals surface area contributed by atoms with Gasteiger partial charge in [-0.15, -0.1) is 10.2 Å². The van der Waals surface area contributed by atoms with Gasteiger partial charge < -0.3 is 10.2 Å². The first-order valence-corrected chi connectivity index (χ1v) is 15.0. The number of H-pyrrole nitrogens is 1. The summed E-state index contributed by atoms with van der Waals surface area (Å²) >= 11 is 0. The van der Waals surface area contributed by atoms with Gasteiger partial charge in [0.05, 0.1) is 12.6 Å². The quantitative estimate of drug-likeness (QED) is 0.320. The van der Waals surface area contributed by atoms with E-state index in [9.17, 15) is 14.0 Å². The van der Waals surface area contributed by atoms with E-state index in [4.69, 9.17) is 4.99 Å². The number of hydrogen-bond donors (Lipinski definition) is 2. The molecule has 3 aromatic rings. The van der Waals surface area contributed by atoms with Crippen LogP contribution < -0.4 is 5.32 Å².